The molecule has 0 heterocycles. The van der Waals surface area contributed by atoms with Crippen molar-refractivity contribution in [3.8, 4) is 0 Å². The zero-order valence-corrected chi connectivity index (χ0v) is 11.9. The number of rotatable bonds is 2. The van der Waals surface area contributed by atoms with Gasteiger partial charge < -0.3 is 11.1 Å². The second-order valence-electron chi connectivity index (χ2n) is 5.32. The summed E-state index contributed by atoms with van der Waals surface area (Å²) >= 11 is 0. The second kappa shape index (κ2) is 6.16. The van der Waals surface area contributed by atoms with E-state index >= 15 is 0 Å². The first-order valence-corrected chi connectivity index (χ1v) is 5.54. The Morgan fingerprint density at radius 3 is 2.39 bits per heavy atom. The fourth-order valence-corrected chi connectivity index (χ4v) is 1.33. The van der Waals surface area contributed by atoms with Gasteiger partial charge in [0, 0.05) is 0 Å². The van der Waals surface area contributed by atoms with Crippen molar-refractivity contribution in [2.24, 2.45) is 11.1 Å². The summed E-state index contributed by atoms with van der Waals surface area (Å²) in [6, 6.07) is 3.97. The first-order chi connectivity index (χ1) is 7.71. The Labute approximate surface area is 113 Å². The molecule has 1 amide bonds. The van der Waals surface area contributed by atoms with Gasteiger partial charge in [0.1, 0.15) is 5.82 Å². The molecule has 0 aliphatic heterocycles. The normalized spacial score (nSPS) is 12.6. The minimum atomic E-state index is -0.678. The lowest BCUT2D eigenvalue weighted by Gasteiger charge is -2.25. The van der Waals surface area contributed by atoms with Crippen LogP contribution in [-0.2, 0) is 4.79 Å². The van der Waals surface area contributed by atoms with Gasteiger partial charge in [0.2, 0.25) is 5.91 Å². The van der Waals surface area contributed by atoms with E-state index in [4.69, 9.17) is 5.73 Å². The molecule has 0 fully saturated rings. The van der Waals surface area contributed by atoms with Crippen molar-refractivity contribution in [1.29, 1.82) is 0 Å². The number of benzene rings is 1. The molecule has 0 spiro atoms. The highest BCUT2D eigenvalue weighted by Gasteiger charge is 2.27. The summed E-state index contributed by atoms with van der Waals surface area (Å²) in [5.74, 6) is -0.820. The van der Waals surface area contributed by atoms with Crippen LogP contribution in [0.3, 0.4) is 0 Å². The number of hydrogen-bond donors (Lipinski definition) is 2. The summed E-state index contributed by atoms with van der Waals surface area (Å²) in [6.45, 7) is 7.38. The maximum atomic E-state index is 13.5. The average molecular weight is 275 g/mol. The van der Waals surface area contributed by atoms with E-state index in [0.717, 1.165) is 5.56 Å². The molecule has 1 atom stereocenters. The fourth-order valence-electron chi connectivity index (χ4n) is 1.33. The molecular formula is C13H20ClFN2O. The number of nitrogens with two attached hydrogens (primary N) is 1. The van der Waals surface area contributed by atoms with Gasteiger partial charge in [0.15, 0.2) is 0 Å². The van der Waals surface area contributed by atoms with Crippen LogP contribution in [0.25, 0.3) is 0 Å². The summed E-state index contributed by atoms with van der Waals surface area (Å²) < 4.78 is 13.5. The lowest BCUT2D eigenvalue weighted by molar-refractivity contribution is -0.119. The van der Waals surface area contributed by atoms with E-state index in [2.05, 4.69) is 5.32 Å². The Hall–Kier alpha value is -1.13. The Kier molecular flexibility index (Phi) is 5.77. The van der Waals surface area contributed by atoms with Gasteiger partial charge in [-0.2, -0.15) is 0 Å². The number of nitrogens with one attached hydrogen (secondary N) is 1. The quantitative estimate of drug-likeness (QED) is 0.871. The molecule has 1 aromatic carbocycles. The highest BCUT2D eigenvalue weighted by atomic mass is 35.5. The summed E-state index contributed by atoms with van der Waals surface area (Å²) in [4.78, 5) is 11.8. The Balaban J connectivity index is 0.00000289. The number of anilines is 1. The van der Waals surface area contributed by atoms with Crippen LogP contribution in [0, 0.1) is 18.2 Å². The molecule has 0 saturated heterocycles. The minimum Gasteiger partial charge on any atom is -0.322 e. The summed E-state index contributed by atoms with van der Waals surface area (Å²) in [7, 11) is 0. The standard InChI is InChI=1S/C13H19FN2O.ClH/c1-8-5-6-10(9(14)7-8)16-12(17)11(15)13(2,3)4;/h5-7,11H,15H2,1-4H3,(H,16,17);1H/t11-;/m1./s1. The van der Waals surface area contributed by atoms with Gasteiger partial charge in [0.05, 0.1) is 11.7 Å². The van der Waals surface area contributed by atoms with Crippen molar-refractivity contribution < 1.29 is 9.18 Å². The van der Waals surface area contributed by atoms with Crippen LogP contribution in [0.4, 0.5) is 10.1 Å². The van der Waals surface area contributed by atoms with Crippen LogP contribution in [0.1, 0.15) is 26.3 Å². The van der Waals surface area contributed by atoms with Crippen molar-refractivity contribution in [2.75, 3.05) is 5.32 Å². The van der Waals surface area contributed by atoms with Crippen LogP contribution >= 0.6 is 12.4 Å². The minimum absolute atomic E-state index is 0. The molecule has 1 aromatic rings. The van der Waals surface area contributed by atoms with E-state index in [1.54, 1.807) is 13.0 Å². The molecular weight excluding hydrogens is 255 g/mol. The van der Waals surface area contributed by atoms with Crippen molar-refractivity contribution in [1.82, 2.24) is 0 Å². The molecule has 0 saturated carbocycles. The maximum Gasteiger partial charge on any atom is 0.241 e. The number of carbonyl (C=O) groups excluding carboxylic acids is 1. The molecule has 1 rings (SSSR count). The number of carbonyl (C=O) groups is 1. The topological polar surface area (TPSA) is 55.1 Å². The molecule has 5 heteroatoms. The fraction of sp³-hybridized carbons (Fsp3) is 0.462. The van der Waals surface area contributed by atoms with Gasteiger partial charge >= 0.3 is 0 Å². The van der Waals surface area contributed by atoms with E-state index in [1.807, 2.05) is 20.8 Å². The van der Waals surface area contributed by atoms with Crippen LogP contribution < -0.4 is 11.1 Å². The highest BCUT2D eigenvalue weighted by Crippen LogP contribution is 2.20. The summed E-state index contributed by atoms with van der Waals surface area (Å²) in [5, 5.41) is 2.50. The van der Waals surface area contributed by atoms with E-state index in [9.17, 15) is 9.18 Å². The van der Waals surface area contributed by atoms with Gasteiger partial charge in [-0.3, -0.25) is 4.79 Å². The molecule has 0 aliphatic carbocycles. The molecule has 18 heavy (non-hydrogen) atoms. The molecule has 102 valence electrons. The Morgan fingerprint density at radius 2 is 1.94 bits per heavy atom. The monoisotopic (exact) mass is 274 g/mol. The number of amides is 1. The molecule has 0 aliphatic rings. The molecule has 3 nitrogen and oxygen atoms in total. The van der Waals surface area contributed by atoms with Crippen molar-refractivity contribution in [3.63, 3.8) is 0 Å². The number of aryl methyl sites for hydroxylation is 1. The average Bonchev–Trinajstić information content (AvgIpc) is 2.19. The predicted octanol–water partition coefficient (Wildman–Crippen LogP) is 2.87. The van der Waals surface area contributed by atoms with Gasteiger partial charge in [-0.05, 0) is 30.0 Å². The summed E-state index contributed by atoms with van der Waals surface area (Å²) in [5.41, 5.74) is 6.40. The lowest BCUT2D eigenvalue weighted by atomic mass is 9.87. The van der Waals surface area contributed by atoms with Crippen molar-refractivity contribution in [3.05, 3.63) is 29.6 Å². The van der Waals surface area contributed by atoms with Crippen LogP contribution in [0.5, 0.6) is 0 Å². The van der Waals surface area contributed by atoms with E-state index in [0.29, 0.717) is 0 Å². The zero-order valence-electron chi connectivity index (χ0n) is 11.1. The third kappa shape index (κ3) is 4.27. The van der Waals surface area contributed by atoms with Crippen LogP contribution in [0.2, 0.25) is 0 Å². The van der Waals surface area contributed by atoms with Crippen LogP contribution in [0.15, 0.2) is 18.2 Å². The third-order valence-electron chi connectivity index (χ3n) is 2.60. The highest BCUT2D eigenvalue weighted by molar-refractivity contribution is 5.95. The molecule has 0 aromatic heterocycles. The first-order valence-electron chi connectivity index (χ1n) is 5.54. The van der Waals surface area contributed by atoms with E-state index in [-0.39, 0.29) is 29.4 Å². The van der Waals surface area contributed by atoms with Gasteiger partial charge in [0.25, 0.3) is 0 Å². The lowest BCUT2D eigenvalue weighted by Crippen LogP contribution is -2.45. The van der Waals surface area contributed by atoms with E-state index in [1.165, 1.54) is 12.1 Å². The Bertz CT molecular complexity index is 429. The second-order valence-corrected chi connectivity index (χ2v) is 5.32. The Morgan fingerprint density at radius 1 is 1.39 bits per heavy atom. The van der Waals surface area contributed by atoms with Gasteiger partial charge in [-0.1, -0.05) is 26.8 Å². The van der Waals surface area contributed by atoms with Gasteiger partial charge in [-0.25, -0.2) is 4.39 Å². The SMILES string of the molecule is Cc1ccc(NC(=O)[C@@H](N)C(C)(C)C)c(F)c1.Cl. The predicted molar refractivity (Wildman–Crippen MR) is 74.4 cm³/mol. The maximum absolute atomic E-state index is 13.5. The number of halogens is 2. The van der Waals surface area contributed by atoms with Crippen molar-refractivity contribution in [2.45, 2.75) is 33.7 Å². The summed E-state index contributed by atoms with van der Waals surface area (Å²) in [6.07, 6.45) is 0. The molecule has 3 N–H and O–H groups in total. The van der Waals surface area contributed by atoms with E-state index < -0.39 is 11.9 Å². The first kappa shape index (κ1) is 16.9. The van der Waals surface area contributed by atoms with Gasteiger partial charge in [-0.15, -0.1) is 12.4 Å². The molecule has 0 bridgehead atoms. The molecule has 0 unspecified atom stereocenters. The van der Waals surface area contributed by atoms with Crippen molar-refractivity contribution >= 4 is 24.0 Å². The number of hydrogen-bond acceptors (Lipinski definition) is 2. The molecule has 0 radical (unpaired) electrons. The third-order valence-corrected chi connectivity index (χ3v) is 2.60. The smallest absolute Gasteiger partial charge is 0.241 e. The largest absolute Gasteiger partial charge is 0.322 e. The zero-order chi connectivity index (χ0) is 13.2. The van der Waals surface area contributed by atoms with Crippen LogP contribution in [-0.4, -0.2) is 11.9 Å².